The van der Waals surface area contributed by atoms with E-state index in [0.29, 0.717) is 32.5 Å². The van der Waals surface area contributed by atoms with Crippen molar-refractivity contribution in [1.82, 2.24) is 35.9 Å². The van der Waals surface area contributed by atoms with Crippen molar-refractivity contribution < 1.29 is 29.4 Å². The molecule has 2 heterocycles. The van der Waals surface area contributed by atoms with Gasteiger partial charge in [-0.2, -0.15) is 0 Å². The number of nitrogens with one attached hydrogen (secondary N) is 3. The van der Waals surface area contributed by atoms with Crippen LogP contribution >= 0.6 is 0 Å². The molecule has 2 aliphatic rings. The molecule has 5 N–H and O–H groups in total. The summed E-state index contributed by atoms with van der Waals surface area (Å²) in [5.74, 6) is -1.01. The molecule has 5 atom stereocenters. The first-order chi connectivity index (χ1) is 24.7. The molecule has 2 aromatic rings. The summed E-state index contributed by atoms with van der Waals surface area (Å²) in [6.45, 7) is 12.4. The van der Waals surface area contributed by atoms with Crippen molar-refractivity contribution in [3.8, 4) is 0 Å². The number of carbonyl (C=O) groups is 4. The molecule has 13 heteroatoms. The molecule has 0 spiro atoms. The number of hydrogen-bond donors (Lipinski definition) is 5. The highest BCUT2D eigenvalue weighted by molar-refractivity contribution is 5.88. The highest BCUT2D eigenvalue weighted by Crippen LogP contribution is 2.26. The van der Waals surface area contributed by atoms with E-state index in [1.165, 1.54) is 0 Å². The van der Waals surface area contributed by atoms with Crippen LogP contribution in [0.5, 0.6) is 0 Å². The molecule has 1 saturated carbocycles. The van der Waals surface area contributed by atoms with Crippen LogP contribution in [-0.4, -0.2) is 104 Å². The first kappa shape index (κ1) is 40.5. The maximum atomic E-state index is 14.4. The number of carboxylic acid groups (broad SMARTS) is 1. The van der Waals surface area contributed by atoms with Gasteiger partial charge in [0.05, 0.1) is 24.4 Å². The predicted molar refractivity (Wildman–Crippen MR) is 199 cm³/mol. The zero-order valence-electron chi connectivity index (χ0n) is 31.7. The normalized spacial score (nSPS) is 18.4. The third kappa shape index (κ3) is 11.1. The fourth-order valence-corrected chi connectivity index (χ4v) is 7.25. The van der Waals surface area contributed by atoms with E-state index in [1.807, 2.05) is 69.3 Å². The Bertz CT molecular complexity index is 1500. The van der Waals surface area contributed by atoms with Crippen LogP contribution in [0.15, 0.2) is 48.5 Å². The van der Waals surface area contributed by atoms with Crippen LogP contribution in [0.25, 0.3) is 0 Å². The van der Waals surface area contributed by atoms with Crippen molar-refractivity contribution in [3.63, 3.8) is 0 Å². The number of aliphatic hydroxyl groups is 1. The van der Waals surface area contributed by atoms with Gasteiger partial charge in [-0.05, 0) is 55.2 Å². The molecule has 5 amide bonds. The van der Waals surface area contributed by atoms with Crippen molar-refractivity contribution in [2.45, 2.75) is 123 Å². The fourth-order valence-electron chi connectivity index (χ4n) is 7.25. The first-order valence-corrected chi connectivity index (χ1v) is 18.7. The standard InChI is InChI=1S/C39H59N7O6/c1-7-26(2)33(45-22-21-44(38(45)52)24-29-18-14-15-27(3)40-29)35(48)41-31(23-28-16-10-8-11-17-28)32(47)25-46(30-19-12-9-13-20-30)43-36(49)34(39(4,5)6)42-37(50)51/h8,10-11,14-18,26,30-34,42,47H,7,9,12-13,19-25H2,1-6H3,(H,41,48)(H,43,49)(H,50,51)/t26-,31-,32-,33-,34+/m0/s1. The Morgan fingerprint density at radius 3 is 2.29 bits per heavy atom. The number of aliphatic hydroxyl groups excluding tert-OH is 1. The SMILES string of the molecule is CC[C@H](C)[C@@H](C(=O)N[C@@H](Cc1ccccc1)[C@@H](O)CN(NC(=O)[C@@H](NC(=O)O)C(C)(C)C)C1CCCCC1)N1CCN(Cc2cccc(C)n2)C1=O. The quantitative estimate of drug-likeness (QED) is 0.158. The summed E-state index contributed by atoms with van der Waals surface area (Å²) in [7, 11) is 0. The number of benzene rings is 1. The summed E-state index contributed by atoms with van der Waals surface area (Å²) in [5.41, 5.74) is 4.81. The van der Waals surface area contributed by atoms with Gasteiger partial charge in [-0.3, -0.25) is 20.0 Å². The molecule has 2 fully saturated rings. The highest BCUT2D eigenvalue weighted by atomic mass is 16.4. The second kappa shape index (κ2) is 18.5. The largest absolute Gasteiger partial charge is 0.465 e. The third-order valence-electron chi connectivity index (χ3n) is 10.4. The Kier molecular flexibility index (Phi) is 14.4. The van der Waals surface area contributed by atoms with Crippen LogP contribution in [0.4, 0.5) is 9.59 Å². The lowest BCUT2D eigenvalue weighted by molar-refractivity contribution is -0.134. The molecule has 52 heavy (non-hydrogen) atoms. The second-order valence-electron chi connectivity index (χ2n) is 15.5. The summed E-state index contributed by atoms with van der Waals surface area (Å²) in [6, 6.07) is 12.4. The molecule has 0 bridgehead atoms. The average Bonchev–Trinajstić information content (AvgIpc) is 3.45. The summed E-state index contributed by atoms with van der Waals surface area (Å²) < 4.78 is 0. The Balaban J connectivity index is 1.57. The number of urea groups is 1. The van der Waals surface area contributed by atoms with Crippen molar-refractivity contribution in [1.29, 1.82) is 0 Å². The summed E-state index contributed by atoms with van der Waals surface area (Å²) in [6.07, 6.45) is 3.16. The number of aromatic nitrogens is 1. The monoisotopic (exact) mass is 721 g/mol. The molecule has 4 rings (SSSR count). The third-order valence-corrected chi connectivity index (χ3v) is 10.4. The minimum Gasteiger partial charge on any atom is -0.465 e. The Labute approximate surface area is 308 Å². The minimum absolute atomic E-state index is 0.00599. The van der Waals surface area contributed by atoms with E-state index in [9.17, 15) is 29.4 Å². The van der Waals surface area contributed by atoms with Crippen LogP contribution in [0.2, 0.25) is 0 Å². The average molecular weight is 722 g/mol. The number of aryl methyl sites for hydroxylation is 1. The molecule has 1 aromatic heterocycles. The summed E-state index contributed by atoms with van der Waals surface area (Å²) >= 11 is 0. The maximum absolute atomic E-state index is 14.4. The van der Waals surface area contributed by atoms with Gasteiger partial charge in [-0.1, -0.05) is 96.7 Å². The van der Waals surface area contributed by atoms with E-state index in [2.05, 4.69) is 21.0 Å². The van der Waals surface area contributed by atoms with Crippen LogP contribution in [-0.2, 0) is 22.6 Å². The van der Waals surface area contributed by atoms with E-state index in [-0.39, 0.29) is 30.4 Å². The molecule has 13 nitrogen and oxygen atoms in total. The number of carbonyl (C=O) groups excluding carboxylic acids is 3. The number of amides is 5. The molecule has 1 aliphatic heterocycles. The van der Waals surface area contributed by atoms with E-state index in [4.69, 9.17) is 0 Å². The number of pyridine rings is 1. The van der Waals surface area contributed by atoms with Gasteiger partial charge < -0.3 is 30.6 Å². The Hall–Kier alpha value is -4.23. The van der Waals surface area contributed by atoms with Crippen LogP contribution < -0.4 is 16.1 Å². The van der Waals surface area contributed by atoms with Gasteiger partial charge >= 0.3 is 12.1 Å². The lowest BCUT2D eigenvalue weighted by atomic mass is 9.86. The van der Waals surface area contributed by atoms with Crippen LogP contribution in [0, 0.1) is 18.3 Å². The molecule has 1 saturated heterocycles. The second-order valence-corrected chi connectivity index (χ2v) is 15.5. The topological polar surface area (TPSA) is 167 Å². The first-order valence-electron chi connectivity index (χ1n) is 18.7. The van der Waals surface area contributed by atoms with Gasteiger partial charge in [0, 0.05) is 31.4 Å². The number of nitrogens with zero attached hydrogens (tertiary/aromatic N) is 4. The minimum atomic E-state index is -1.30. The molecule has 286 valence electrons. The summed E-state index contributed by atoms with van der Waals surface area (Å²) in [5, 5.41) is 28.7. The van der Waals surface area contributed by atoms with Crippen molar-refractivity contribution in [2.75, 3.05) is 19.6 Å². The molecular weight excluding hydrogens is 662 g/mol. The van der Waals surface area contributed by atoms with Gasteiger partial charge in [-0.15, -0.1) is 0 Å². The zero-order chi connectivity index (χ0) is 38.0. The fraction of sp³-hybridized carbons (Fsp3) is 0.615. The lowest BCUT2D eigenvalue weighted by Crippen LogP contribution is -2.62. The van der Waals surface area contributed by atoms with Gasteiger partial charge in [0.15, 0.2) is 0 Å². The Morgan fingerprint density at radius 1 is 0.981 bits per heavy atom. The van der Waals surface area contributed by atoms with Gasteiger partial charge in [0.2, 0.25) is 5.91 Å². The molecule has 1 aliphatic carbocycles. The van der Waals surface area contributed by atoms with Gasteiger partial charge in [0.25, 0.3) is 5.91 Å². The molecule has 0 radical (unpaired) electrons. The van der Waals surface area contributed by atoms with E-state index in [1.54, 1.807) is 35.6 Å². The smallest absolute Gasteiger partial charge is 0.405 e. The van der Waals surface area contributed by atoms with Gasteiger partial charge in [-0.25, -0.2) is 14.6 Å². The predicted octanol–water partition coefficient (Wildman–Crippen LogP) is 4.48. The number of hydrogen-bond acceptors (Lipinski definition) is 7. The van der Waals surface area contributed by atoms with Crippen molar-refractivity contribution in [3.05, 3.63) is 65.5 Å². The van der Waals surface area contributed by atoms with E-state index < -0.39 is 41.6 Å². The van der Waals surface area contributed by atoms with Crippen molar-refractivity contribution >= 4 is 23.9 Å². The zero-order valence-corrected chi connectivity index (χ0v) is 31.7. The number of hydrazine groups is 1. The summed E-state index contributed by atoms with van der Waals surface area (Å²) in [4.78, 5) is 61.4. The number of rotatable bonds is 16. The molecule has 1 aromatic carbocycles. The van der Waals surface area contributed by atoms with E-state index >= 15 is 0 Å². The molecule has 0 unspecified atom stereocenters. The highest BCUT2D eigenvalue weighted by Gasteiger charge is 2.41. The van der Waals surface area contributed by atoms with Crippen molar-refractivity contribution in [2.24, 2.45) is 11.3 Å². The van der Waals surface area contributed by atoms with Crippen LogP contribution in [0.3, 0.4) is 0 Å². The lowest BCUT2D eigenvalue weighted by Gasteiger charge is -2.39. The maximum Gasteiger partial charge on any atom is 0.405 e. The Morgan fingerprint density at radius 2 is 1.67 bits per heavy atom. The van der Waals surface area contributed by atoms with Gasteiger partial charge in [0.1, 0.15) is 12.1 Å². The molecular formula is C39H59N7O6. The van der Waals surface area contributed by atoms with E-state index in [0.717, 1.165) is 49.1 Å². The van der Waals surface area contributed by atoms with Crippen LogP contribution in [0.1, 0.15) is 90.1 Å².